The number of aliphatic hydroxyl groups excluding tert-OH is 1. The van der Waals surface area contributed by atoms with Gasteiger partial charge in [0.25, 0.3) is 0 Å². The van der Waals surface area contributed by atoms with Gasteiger partial charge in [0.05, 0.1) is 6.10 Å². The molecule has 0 aromatic heterocycles. The lowest BCUT2D eigenvalue weighted by Gasteiger charge is -2.21. The predicted molar refractivity (Wildman–Crippen MR) is 110 cm³/mol. The molecule has 0 saturated carbocycles. The average molecular weight is 340 g/mol. The lowest BCUT2D eigenvalue weighted by molar-refractivity contribution is 0.253. The van der Waals surface area contributed by atoms with Crippen LogP contribution in [0, 0.1) is 0 Å². The van der Waals surface area contributed by atoms with E-state index in [0.29, 0.717) is 5.92 Å². The Hall–Kier alpha value is -2.64. The summed E-state index contributed by atoms with van der Waals surface area (Å²) in [5.74, 6) is 0.396. The molecule has 1 atom stereocenters. The first-order valence-electron chi connectivity index (χ1n) is 9.30. The molecule has 26 heavy (non-hydrogen) atoms. The zero-order valence-electron chi connectivity index (χ0n) is 15.5. The van der Waals surface area contributed by atoms with Crippen LogP contribution in [0.15, 0.2) is 72.8 Å². The third-order valence-corrected chi connectivity index (χ3v) is 5.24. The monoisotopic (exact) mass is 340 g/mol. The smallest absolute Gasteiger partial charge is 0.0774 e. The molecule has 0 heterocycles. The van der Waals surface area contributed by atoms with E-state index in [1.807, 2.05) is 6.92 Å². The quantitative estimate of drug-likeness (QED) is 0.475. The van der Waals surface area contributed by atoms with Crippen molar-refractivity contribution in [3.63, 3.8) is 0 Å². The molecule has 0 bridgehead atoms. The summed E-state index contributed by atoms with van der Waals surface area (Å²) in [4.78, 5) is 0. The molecule has 0 fully saturated rings. The lowest BCUT2D eigenvalue weighted by atomic mass is 9.85. The van der Waals surface area contributed by atoms with E-state index in [0.717, 1.165) is 11.1 Å². The topological polar surface area (TPSA) is 20.2 Å². The van der Waals surface area contributed by atoms with Crippen molar-refractivity contribution >= 4 is 11.1 Å². The first-order chi connectivity index (χ1) is 12.6. The fraction of sp³-hybridized carbons (Fsp3) is 0.200. The Labute approximate surface area is 155 Å². The van der Waals surface area contributed by atoms with Crippen LogP contribution in [0.1, 0.15) is 48.9 Å². The summed E-state index contributed by atoms with van der Waals surface area (Å²) >= 11 is 0. The largest absolute Gasteiger partial charge is 0.389 e. The molecule has 1 heteroatoms. The van der Waals surface area contributed by atoms with Crippen LogP contribution >= 0.6 is 0 Å². The number of fused-ring (bicyclic) bond motifs is 3. The third-order valence-electron chi connectivity index (χ3n) is 5.24. The van der Waals surface area contributed by atoms with Crippen molar-refractivity contribution in [2.45, 2.75) is 32.8 Å². The molecule has 1 N–H and O–H groups in total. The van der Waals surface area contributed by atoms with Crippen molar-refractivity contribution in [1.29, 1.82) is 0 Å². The van der Waals surface area contributed by atoms with Crippen LogP contribution in [0.25, 0.3) is 22.3 Å². The maximum atomic E-state index is 10.8. The Kier molecular flexibility index (Phi) is 4.26. The molecule has 0 unspecified atom stereocenters. The second kappa shape index (κ2) is 6.59. The maximum Gasteiger partial charge on any atom is 0.0774 e. The van der Waals surface area contributed by atoms with Crippen molar-refractivity contribution in [1.82, 2.24) is 0 Å². The zero-order valence-corrected chi connectivity index (χ0v) is 15.5. The van der Waals surface area contributed by atoms with Crippen LogP contribution in [0.2, 0.25) is 0 Å². The van der Waals surface area contributed by atoms with Crippen molar-refractivity contribution in [3.8, 4) is 11.1 Å². The molecule has 0 aliphatic heterocycles. The second-order valence-corrected chi connectivity index (χ2v) is 7.30. The average Bonchev–Trinajstić information content (AvgIpc) is 2.97. The first-order valence-corrected chi connectivity index (χ1v) is 9.30. The highest BCUT2D eigenvalue weighted by Gasteiger charge is 2.28. The minimum absolute atomic E-state index is 0.396. The lowest BCUT2D eigenvalue weighted by Crippen LogP contribution is -2.09. The SMILES string of the molecule is CC(C)c1ccccc1C(=C1c2ccccc2-c2ccccc21)[C@@H](C)O. The van der Waals surface area contributed by atoms with Gasteiger partial charge < -0.3 is 5.11 Å². The molecule has 130 valence electrons. The van der Waals surface area contributed by atoms with Crippen molar-refractivity contribution in [2.24, 2.45) is 0 Å². The van der Waals surface area contributed by atoms with Gasteiger partial charge in [0, 0.05) is 0 Å². The molecule has 1 aliphatic carbocycles. The molecule has 0 saturated heterocycles. The van der Waals surface area contributed by atoms with Crippen LogP contribution in [0.4, 0.5) is 0 Å². The van der Waals surface area contributed by atoms with E-state index in [4.69, 9.17) is 0 Å². The molecule has 4 rings (SSSR count). The van der Waals surface area contributed by atoms with Gasteiger partial charge in [0.15, 0.2) is 0 Å². The molecular weight excluding hydrogens is 316 g/mol. The van der Waals surface area contributed by atoms with Crippen molar-refractivity contribution in [3.05, 3.63) is 95.1 Å². The Bertz CT molecular complexity index is 945. The highest BCUT2D eigenvalue weighted by Crippen LogP contribution is 2.48. The Morgan fingerprint density at radius 1 is 0.654 bits per heavy atom. The zero-order chi connectivity index (χ0) is 18.3. The molecule has 1 aliphatic rings. The van der Waals surface area contributed by atoms with E-state index < -0.39 is 6.10 Å². The van der Waals surface area contributed by atoms with Gasteiger partial charge in [-0.2, -0.15) is 0 Å². The van der Waals surface area contributed by atoms with E-state index in [9.17, 15) is 5.11 Å². The van der Waals surface area contributed by atoms with E-state index in [1.54, 1.807) is 0 Å². The first kappa shape index (κ1) is 16.8. The summed E-state index contributed by atoms with van der Waals surface area (Å²) in [5.41, 5.74) is 9.53. The van der Waals surface area contributed by atoms with Gasteiger partial charge in [-0.25, -0.2) is 0 Å². The van der Waals surface area contributed by atoms with Crippen LogP contribution in [-0.4, -0.2) is 11.2 Å². The van der Waals surface area contributed by atoms with E-state index in [2.05, 4.69) is 86.6 Å². The van der Waals surface area contributed by atoms with Gasteiger partial charge in [0.2, 0.25) is 0 Å². The van der Waals surface area contributed by atoms with Crippen molar-refractivity contribution in [2.75, 3.05) is 0 Å². The van der Waals surface area contributed by atoms with Gasteiger partial charge in [-0.1, -0.05) is 86.6 Å². The Morgan fingerprint density at radius 2 is 1.12 bits per heavy atom. The third kappa shape index (κ3) is 2.60. The minimum Gasteiger partial charge on any atom is -0.389 e. The molecular formula is C25H24O. The Morgan fingerprint density at radius 3 is 1.62 bits per heavy atom. The van der Waals surface area contributed by atoms with E-state index in [1.165, 1.54) is 33.4 Å². The molecule has 0 radical (unpaired) electrons. The highest BCUT2D eigenvalue weighted by atomic mass is 16.3. The minimum atomic E-state index is -0.552. The summed E-state index contributed by atoms with van der Waals surface area (Å²) in [7, 11) is 0. The highest BCUT2D eigenvalue weighted by molar-refractivity contribution is 6.11. The standard InChI is InChI=1S/C25H24O/c1-16(2)18-10-4-7-13-21(18)24(17(3)26)25-22-14-8-5-11-19(22)20-12-6-9-15-23(20)25/h4-17,26H,1-3H3/t17-/m1/s1. The van der Waals surface area contributed by atoms with Crippen LogP contribution in [0.5, 0.6) is 0 Å². The molecule has 0 spiro atoms. The Balaban J connectivity index is 2.11. The van der Waals surface area contributed by atoms with Crippen LogP contribution in [-0.2, 0) is 0 Å². The summed E-state index contributed by atoms with van der Waals surface area (Å²) in [6.45, 7) is 6.29. The second-order valence-electron chi connectivity index (χ2n) is 7.30. The normalized spacial score (nSPS) is 13.5. The fourth-order valence-electron chi connectivity index (χ4n) is 4.12. The molecule has 1 nitrogen and oxygen atoms in total. The van der Waals surface area contributed by atoms with Gasteiger partial charge in [-0.3, -0.25) is 0 Å². The number of aliphatic hydroxyl groups is 1. The molecule has 3 aromatic rings. The number of benzene rings is 3. The predicted octanol–water partition coefficient (Wildman–Crippen LogP) is 6.13. The summed E-state index contributed by atoms with van der Waals surface area (Å²) in [6.07, 6.45) is -0.552. The molecule has 3 aromatic carbocycles. The van der Waals surface area contributed by atoms with Gasteiger partial charge in [-0.15, -0.1) is 0 Å². The maximum absolute atomic E-state index is 10.8. The summed E-state index contributed by atoms with van der Waals surface area (Å²) < 4.78 is 0. The van der Waals surface area contributed by atoms with E-state index >= 15 is 0 Å². The van der Waals surface area contributed by atoms with Crippen LogP contribution in [0.3, 0.4) is 0 Å². The fourth-order valence-corrected chi connectivity index (χ4v) is 4.12. The van der Waals surface area contributed by atoms with Gasteiger partial charge in [0.1, 0.15) is 0 Å². The number of rotatable bonds is 3. The molecule has 0 amide bonds. The van der Waals surface area contributed by atoms with Gasteiger partial charge >= 0.3 is 0 Å². The van der Waals surface area contributed by atoms with Crippen molar-refractivity contribution < 1.29 is 5.11 Å². The van der Waals surface area contributed by atoms with E-state index in [-0.39, 0.29) is 0 Å². The number of hydrogen-bond donors (Lipinski definition) is 1. The van der Waals surface area contributed by atoms with Gasteiger partial charge in [-0.05, 0) is 57.4 Å². The number of hydrogen-bond acceptors (Lipinski definition) is 1. The summed E-state index contributed by atoms with van der Waals surface area (Å²) in [6, 6.07) is 25.5. The van der Waals surface area contributed by atoms with Crippen LogP contribution < -0.4 is 0 Å². The summed E-state index contributed by atoms with van der Waals surface area (Å²) in [5, 5.41) is 10.8.